The van der Waals surface area contributed by atoms with Gasteiger partial charge in [0.05, 0.1) is 11.9 Å². The Balaban J connectivity index is 2.08. The van der Waals surface area contributed by atoms with Crippen molar-refractivity contribution in [2.45, 2.75) is 13.3 Å². The van der Waals surface area contributed by atoms with E-state index < -0.39 is 0 Å². The molecule has 1 aliphatic rings. The van der Waals surface area contributed by atoms with Crippen LogP contribution in [0.4, 0.5) is 5.69 Å². The largest absolute Gasteiger partial charge is 0.396 e. The normalized spacial score (nSPS) is 20.1. The first-order chi connectivity index (χ1) is 7.70. The first-order valence-corrected chi connectivity index (χ1v) is 5.53. The maximum Gasteiger partial charge on any atom is 0.178 e. The quantitative estimate of drug-likeness (QED) is 0.775. The number of hydrogen-bond donors (Lipinski definition) is 1. The number of rotatable bonds is 3. The fourth-order valence-electron chi connectivity index (χ4n) is 2.00. The summed E-state index contributed by atoms with van der Waals surface area (Å²) in [7, 11) is 0. The van der Waals surface area contributed by atoms with Crippen LogP contribution < -0.4 is 4.90 Å². The zero-order valence-electron chi connectivity index (χ0n) is 9.39. The van der Waals surface area contributed by atoms with Crippen molar-refractivity contribution in [2.24, 2.45) is 5.92 Å². The van der Waals surface area contributed by atoms with Crippen LogP contribution >= 0.6 is 0 Å². The summed E-state index contributed by atoms with van der Waals surface area (Å²) in [5.74, 6) is 0.355. The average Bonchev–Trinajstić information content (AvgIpc) is 2.77. The number of aromatic nitrogens is 1. The first-order valence-electron chi connectivity index (χ1n) is 5.53. The smallest absolute Gasteiger partial charge is 0.178 e. The molecule has 2 rings (SSSR count). The van der Waals surface area contributed by atoms with Crippen LogP contribution in [-0.4, -0.2) is 35.6 Å². The van der Waals surface area contributed by atoms with Crippen LogP contribution in [0, 0.1) is 5.92 Å². The van der Waals surface area contributed by atoms with Gasteiger partial charge in [-0.2, -0.15) is 0 Å². The molecule has 86 valence electrons. The molecule has 1 unspecified atom stereocenters. The van der Waals surface area contributed by atoms with E-state index in [-0.39, 0.29) is 12.4 Å². The highest BCUT2D eigenvalue weighted by Crippen LogP contribution is 2.22. The van der Waals surface area contributed by atoms with Gasteiger partial charge in [0.2, 0.25) is 0 Å². The summed E-state index contributed by atoms with van der Waals surface area (Å²) < 4.78 is 0. The molecular formula is C12H16N2O2. The lowest BCUT2D eigenvalue weighted by molar-refractivity contribution is 0.101. The van der Waals surface area contributed by atoms with Crippen LogP contribution in [0.25, 0.3) is 0 Å². The van der Waals surface area contributed by atoms with E-state index in [2.05, 4.69) is 9.88 Å². The first kappa shape index (κ1) is 11.1. The maximum atomic E-state index is 11.1. The number of hydrogen-bond acceptors (Lipinski definition) is 4. The van der Waals surface area contributed by atoms with Gasteiger partial charge in [0, 0.05) is 32.5 Å². The summed E-state index contributed by atoms with van der Waals surface area (Å²) in [5.41, 5.74) is 1.53. The summed E-state index contributed by atoms with van der Waals surface area (Å²) in [6, 6.07) is 3.67. The fraction of sp³-hybridized carbons (Fsp3) is 0.500. The van der Waals surface area contributed by atoms with E-state index >= 15 is 0 Å². The van der Waals surface area contributed by atoms with E-state index in [1.165, 1.54) is 6.92 Å². The minimum Gasteiger partial charge on any atom is -0.396 e. The third-order valence-corrected chi connectivity index (χ3v) is 3.02. The number of aliphatic hydroxyl groups is 1. The van der Waals surface area contributed by atoms with E-state index in [0.29, 0.717) is 11.6 Å². The molecule has 0 radical (unpaired) electrons. The van der Waals surface area contributed by atoms with Gasteiger partial charge in [-0.25, -0.2) is 0 Å². The molecule has 0 amide bonds. The fourth-order valence-corrected chi connectivity index (χ4v) is 2.00. The molecule has 0 bridgehead atoms. The molecule has 0 spiro atoms. The second-order valence-electron chi connectivity index (χ2n) is 4.24. The van der Waals surface area contributed by atoms with Crippen molar-refractivity contribution in [3.8, 4) is 0 Å². The molecule has 4 nitrogen and oxygen atoms in total. The lowest BCUT2D eigenvalue weighted by atomic mass is 10.1. The van der Waals surface area contributed by atoms with Crippen molar-refractivity contribution in [1.29, 1.82) is 0 Å². The molecule has 1 atom stereocenters. The topological polar surface area (TPSA) is 53.4 Å². The highest BCUT2D eigenvalue weighted by Gasteiger charge is 2.22. The number of carbonyl (C=O) groups is 1. The molecule has 4 heteroatoms. The number of aliphatic hydroxyl groups excluding tert-OH is 1. The number of ketones is 1. The highest BCUT2D eigenvalue weighted by atomic mass is 16.3. The highest BCUT2D eigenvalue weighted by molar-refractivity contribution is 5.92. The predicted molar refractivity (Wildman–Crippen MR) is 61.6 cm³/mol. The molecule has 0 saturated carbocycles. The lowest BCUT2D eigenvalue weighted by Crippen LogP contribution is -2.20. The van der Waals surface area contributed by atoms with Crippen LogP contribution in [-0.2, 0) is 0 Å². The maximum absolute atomic E-state index is 11.1. The van der Waals surface area contributed by atoms with Gasteiger partial charge >= 0.3 is 0 Å². The van der Waals surface area contributed by atoms with Gasteiger partial charge in [0.15, 0.2) is 5.78 Å². The van der Waals surface area contributed by atoms with Gasteiger partial charge in [0.25, 0.3) is 0 Å². The zero-order valence-corrected chi connectivity index (χ0v) is 9.39. The second kappa shape index (κ2) is 4.61. The monoisotopic (exact) mass is 220 g/mol. The number of pyridine rings is 1. The molecule has 0 aromatic carbocycles. The average molecular weight is 220 g/mol. The zero-order chi connectivity index (χ0) is 11.5. The van der Waals surface area contributed by atoms with Gasteiger partial charge in [-0.3, -0.25) is 9.78 Å². The van der Waals surface area contributed by atoms with Crippen LogP contribution in [0.1, 0.15) is 23.8 Å². The number of Topliss-reactive ketones (excluding diaryl/α,β-unsaturated/α-hetero) is 1. The summed E-state index contributed by atoms with van der Waals surface area (Å²) in [5, 5.41) is 9.06. The van der Waals surface area contributed by atoms with E-state index in [1.54, 1.807) is 12.3 Å². The molecular weight excluding hydrogens is 204 g/mol. The van der Waals surface area contributed by atoms with E-state index in [0.717, 1.165) is 25.2 Å². The van der Waals surface area contributed by atoms with Crippen molar-refractivity contribution < 1.29 is 9.90 Å². The van der Waals surface area contributed by atoms with Crippen LogP contribution in [0.3, 0.4) is 0 Å². The SMILES string of the molecule is CC(=O)c1ccc(N2CCC(CO)C2)cn1. The summed E-state index contributed by atoms with van der Waals surface area (Å²) in [6.07, 6.45) is 2.75. The van der Waals surface area contributed by atoms with E-state index in [1.807, 2.05) is 6.07 Å². The Morgan fingerprint density at radius 3 is 2.94 bits per heavy atom. The molecule has 2 heterocycles. The number of carbonyl (C=O) groups excluding carboxylic acids is 1. The van der Waals surface area contributed by atoms with Crippen molar-refractivity contribution >= 4 is 11.5 Å². The van der Waals surface area contributed by atoms with E-state index in [9.17, 15) is 4.79 Å². The predicted octanol–water partition coefficient (Wildman–Crippen LogP) is 1.10. The number of nitrogens with zero attached hydrogens (tertiary/aromatic N) is 2. The van der Waals surface area contributed by atoms with Gasteiger partial charge in [-0.1, -0.05) is 0 Å². The Kier molecular flexibility index (Phi) is 3.19. The molecule has 1 aromatic rings. The summed E-state index contributed by atoms with van der Waals surface area (Å²) in [6.45, 7) is 3.58. The third kappa shape index (κ3) is 2.22. The Morgan fingerprint density at radius 2 is 2.44 bits per heavy atom. The van der Waals surface area contributed by atoms with Crippen LogP contribution in [0.15, 0.2) is 18.3 Å². The molecule has 16 heavy (non-hydrogen) atoms. The Bertz CT molecular complexity index is 375. The molecule has 1 aromatic heterocycles. The summed E-state index contributed by atoms with van der Waals surface area (Å²) >= 11 is 0. The van der Waals surface area contributed by atoms with Crippen molar-refractivity contribution in [3.05, 3.63) is 24.0 Å². The molecule has 1 fully saturated rings. The minimum atomic E-state index is -0.0128. The van der Waals surface area contributed by atoms with E-state index in [4.69, 9.17) is 5.11 Å². The Labute approximate surface area is 94.9 Å². The van der Waals surface area contributed by atoms with Gasteiger partial charge in [-0.15, -0.1) is 0 Å². The van der Waals surface area contributed by atoms with Crippen molar-refractivity contribution in [1.82, 2.24) is 4.98 Å². The molecule has 1 aliphatic heterocycles. The second-order valence-corrected chi connectivity index (χ2v) is 4.24. The summed E-state index contributed by atoms with van der Waals surface area (Å²) in [4.78, 5) is 17.4. The van der Waals surface area contributed by atoms with Crippen LogP contribution in [0.2, 0.25) is 0 Å². The molecule has 0 aliphatic carbocycles. The Hall–Kier alpha value is -1.42. The standard InChI is InChI=1S/C12H16N2O2/c1-9(16)12-3-2-11(6-13-12)14-5-4-10(7-14)8-15/h2-3,6,10,15H,4-5,7-8H2,1H3. The molecule has 1 saturated heterocycles. The van der Waals surface area contributed by atoms with Gasteiger partial charge < -0.3 is 10.0 Å². The third-order valence-electron chi connectivity index (χ3n) is 3.02. The van der Waals surface area contributed by atoms with Gasteiger partial charge in [0.1, 0.15) is 5.69 Å². The molecule has 1 N–H and O–H groups in total. The lowest BCUT2D eigenvalue weighted by Gasteiger charge is -2.17. The minimum absolute atomic E-state index is 0.0128. The van der Waals surface area contributed by atoms with Crippen molar-refractivity contribution in [3.63, 3.8) is 0 Å². The Morgan fingerprint density at radius 1 is 1.62 bits per heavy atom. The number of anilines is 1. The van der Waals surface area contributed by atoms with Gasteiger partial charge in [-0.05, 0) is 18.6 Å². The van der Waals surface area contributed by atoms with Crippen molar-refractivity contribution in [2.75, 3.05) is 24.6 Å². The van der Waals surface area contributed by atoms with Crippen LogP contribution in [0.5, 0.6) is 0 Å².